The van der Waals surface area contributed by atoms with Crippen molar-refractivity contribution in [2.75, 3.05) is 24.6 Å². The van der Waals surface area contributed by atoms with Gasteiger partial charge in [0.1, 0.15) is 0 Å². The highest BCUT2D eigenvalue weighted by atomic mass is 32.2. The predicted octanol–water partition coefficient (Wildman–Crippen LogP) is 1.87. The number of nitrogens with zero attached hydrogens (tertiary/aromatic N) is 1. The summed E-state index contributed by atoms with van der Waals surface area (Å²) in [7, 11) is -0.569. The predicted molar refractivity (Wildman–Crippen MR) is 69.1 cm³/mol. The van der Waals surface area contributed by atoms with E-state index >= 15 is 0 Å². The fourth-order valence-electron chi connectivity index (χ4n) is 2.25. The fourth-order valence-corrected chi connectivity index (χ4v) is 3.38. The Hall–Kier alpha value is -0.670. The lowest BCUT2D eigenvalue weighted by Gasteiger charge is -2.26. The lowest BCUT2D eigenvalue weighted by Crippen LogP contribution is -2.37. The summed E-state index contributed by atoms with van der Waals surface area (Å²) in [6, 6.07) is 6.70. The van der Waals surface area contributed by atoms with Gasteiger partial charge < -0.3 is 0 Å². The lowest BCUT2D eigenvalue weighted by atomic mass is 10.1. The molecule has 88 valence electrons. The third-order valence-electron chi connectivity index (χ3n) is 2.96. The molecule has 0 N–H and O–H groups in total. The fraction of sp³-hybridized carbons (Fsp3) is 0.538. The summed E-state index contributed by atoms with van der Waals surface area (Å²) in [5, 5.41) is 0. The van der Waals surface area contributed by atoms with Gasteiger partial charge in [0.2, 0.25) is 0 Å². The molecule has 1 heterocycles. The van der Waals surface area contributed by atoms with Gasteiger partial charge in [-0.25, -0.2) is 0 Å². The van der Waals surface area contributed by atoms with E-state index in [4.69, 9.17) is 0 Å². The van der Waals surface area contributed by atoms with Crippen LogP contribution in [0.1, 0.15) is 16.7 Å². The molecule has 0 bridgehead atoms. The van der Waals surface area contributed by atoms with Crippen molar-refractivity contribution in [2.24, 2.45) is 0 Å². The second kappa shape index (κ2) is 5.11. The van der Waals surface area contributed by atoms with Gasteiger partial charge in [0.05, 0.1) is 0 Å². The van der Waals surface area contributed by atoms with Gasteiger partial charge in [-0.3, -0.25) is 9.11 Å². The van der Waals surface area contributed by atoms with Crippen LogP contribution in [0.5, 0.6) is 0 Å². The first kappa shape index (κ1) is 11.8. The van der Waals surface area contributed by atoms with Crippen molar-refractivity contribution in [1.29, 1.82) is 0 Å². The molecule has 1 aromatic carbocycles. The molecule has 2 nitrogen and oxygen atoms in total. The van der Waals surface area contributed by atoms with Gasteiger partial charge in [-0.2, -0.15) is 0 Å². The molecule has 1 fully saturated rings. The average Bonchev–Trinajstić information content (AvgIpc) is 2.20. The van der Waals surface area contributed by atoms with E-state index in [1.807, 2.05) is 0 Å². The third kappa shape index (κ3) is 3.16. The van der Waals surface area contributed by atoms with Crippen LogP contribution in [0.15, 0.2) is 18.2 Å². The average molecular weight is 237 g/mol. The second-order valence-electron chi connectivity index (χ2n) is 4.62. The maximum Gasteiger partial charge on any atom is 0.0363 e. The van der Waals surface area contributed by atoms with Gasteiger partial charge in [-0.1, -0.05) is 29.3 Å². The maximum absolute atomic E-state index is 11.3. The lowest BCUT2D eigenvalue weighted by molar-refractivity contribution is 0.291. The van der Waals surface area contributed by atoms with Crippen molar-refractivity contribution < 1.29 is 4.21 Å². The van der Waals surface area contributed by atoms with Gasteiger partial charge >= 0.3 is 0 Å². The second-order valence-corrected chi connectivity index (χ2v) is 6.32. The van der Waals surface area contributed by atoms with Crippen LogP contribution in [0.25, 0.3) is 0 Å². The quantitative estimate of drug-likeness (QED) is 0.782. The van der Waals surface area contributed by atoms with Gasteiger partial charge in [0, 0.05) is 41.9 Å². The Labute approximate surface area is 100 Å². The summed E-state index contributed by atoms with van der Waals surface area (Å²) < 4.78 is 11.3. The van der Waals surface area contributed by atoms with E-state index in [0.29, 0.717) is 0 Å². The molecule has 1 aliphatic rings. The highest BCUT2D eigenvalue weighted by molar-refractivity contribution is 7.85. The Bertz CT molecular complexity index is 373. The van der Waals surface area contributed by atoms with E-state index in [1.165, 1.54) is 16.7 Å². The summed E-state index contributed by atoms with van der Waals surface area (Å²) in [5.74, 6) is 1.68. The van der Waals surface area contributed by atoms with E-state index < -0.39 is 10.8 Å². The van der Waals surface area contributed by atoms with E-state index in [1.54, 1.807) is 0 Å². The summed E-state index contributed by atoms with van der Waals surface area (Å²) in [4.78, 5) is 2.40. The van der Waals surface area contributed by atoms with Crippen LogP contribution < -0.4 is 0 Å². The highest BCUT2D eigenvalue weighted by Gasteiger charge is 2.15. The standard InChI is InChI=1S/C13H19NOS/c1-11-7-12(2)9-13(8-11)10-14-3-5-16(15)6-4-14/h7-9H,3-6,10H2,1-2H3. The summed E-state index contributed by atoms with van der Waals surface area (Å²) >= 11 is 0. The molecule has 0 atom stereocenters. The molecular formula is C13H19NOS. The molecule has 0 amide bonds. The number of aryl methyl sites for hydroxylation is 2. The highest BCUT2D eigenvalue weighted by Crippen LogP contribution is 2.12. The van der Waals surface area contributed by atoms with E-state index in [-0.39, 0.29) is 0 Å². The number of hydrogen-bond acceptors (Lipinski definition) is 2. The molecule has 3 heteroatoms. The molecule has 2 rings (SSSR count). The van der Waals surface area contributed by atoms with Crippen LogP contribution >= 0.6 is 0 Å². The van der Waals surface area contributed by atoms with Crippen molar-refractivity contribution in [3.63, 3.8) is 0 Å². The molecule has 0 radical (unpaired) electrons. The molecule has 1 aromatic rings. The Morgan fingerprint density at radius 1 is 1.12 bits per heavy atom. The van der Waals surface area contributed by atoms with E-state index in [2.05, 4.69) is 36.9 Å². The minimum absolute atomic E-state index is 0.569. The molecule has 0 saturated carbocycles. The van der Waals surface area contributed by atoms with Crippen LogP contribution in [-0.4, -0.2) is 33.7 Å². The van der Waals surface area contributed by atoms with Crippen molar-refractivity contribution in [1.82, 2.24) is 4.90 Å². The number of hydrogen-bond donors (Lipinski definition) is 0. The first-order chi connectivity index (χ1) is 7.63. The summed E-state index contributed by atoms with van der Waals surface area (Å²) in [5.41, 5.74) is 4.04. The van der Waals surface area contributed by atoms with E-state index in [9.17, 15) is 4.21 Å². The van der Waals surface area contributed by atoms with Crippen LogP contribution in [0.3, 0.4) is 0 Å². The van der Waals surface area contributed by atoms with Crippen LogP contribution in [0.2, 0.25) is 0 Å². The van der Waals surface area contributed by atoms with Crippen LogP contribution in [-0.2, 0) is 17.3 Å². The molecule has 1 aliphatic heterocycles. The van der Waals surface area contributed by atoms with Gasteiger partial charge in [0.25, 0.3) is 0 Å². The van der Waals surface area contributed by atoms with Crippen LogP contribution in [0.4, 0.5) is 0 Å². The van der Waals surface area contributed by atoms with Crippen molar-refractivity contribution in [3.8, 4) is 0 Å². The Balaban J connectivity index is 2.00. The minimum Gasteiger partial charge on any atom is -0.297 e. The zero-order valence-corrected chi connectivity index (χ0v) is 10.8. The third-order valence-corrected chi connectivity index (χ3v) is 4.23. The maximum atomic E-state index is 11.3. The molecule has 0 unspecified atom stereocenters. The molecule has 0 spiro atoms. The Morgan fingerprint density at radius 2 is 1.69 bits per heavy atom. The van der Waals surface area contributed by atoms with Crippen LogP contribution in [0, 0.1) is 13.8 Å². The summed E-state index contributed by atoms with van der Waals surface area (Å²) in [6.45, 7) is 7.22. The normalized spacial score (nSPS) is 18.9. The van der Waals surface area contributed by atoms with Crippen molar-refractivity contribution in [3.05, 3.63) is 34.9 Å². The van der Waals surface area contributed by atoms with Gasteiger partial charge in [0.15, 0.2) is 0 Å². The largest absolute Gasteiger partial charge is 0.297 e. The molecular weight excluding hydrogens is 218 g/mol. The monoisotopic (exact) mass is 237 g/mol. The molecule has 1 saturated heterocycles. The molecule has 16 heavy (non-hydrogen) atoms. The molecule has 0 aromatic heterocycles. The smallest absolute Gasteiger partial charge is 0.0363 e. The zero-order valence-electron chi connectivity index (χ0n) is 10.0. The first-order valence-corrected chi connectivity index (χ1v) is 7.27. The van der Waals surface area contributed by atoms with E-state index in [0.717, 1.165) is 31.1 Å². The Morgan fingerprint density at radius 3 is 2.25 bits per heavy atom. The number of rotatable bonds is 2. The Kier molecular flexibility index (Phi) is 3.77. The van der Waals surface area contributed by atoms with Gasteiger partial charge in [-0.05, 0) is 19.4 Å². The summed E-state index contributed by atoms with van der Waals surface area (Å²) in [6.07, 6.45) is 0. The van der Waals surface area contributed by atoms with Gasteiger partial charge in [-0.15, -0.1) is 0 Å². The minimum atomic E-state index is -0.569. The topological polar surface area (TPSA) is 20.3 Å². The molecule has 0 aliphatic carbocycles. The van der Waals surface area contributed by atoms with Crippen molar-refractivity contribution >= 4 is 10.8 Å². The van der Waals surface area contributed by atoms with Crippen molar-refractivity contribution in [2.45, 2.75) is 20.4 Å². The number of benzene rings is 1. The SMILES string of the molecule is Cc1cc(C)cc(CN2CCS(=O)CC2)c1. The first-order valence-electron chi connectivity index (χ1n) is 5.78. The zero-order chi connectivity index (χ0) is 11.5.